The summed E-state index contributed by atoms with van der Waals surface area (Å²) >= 11 is 1.46. The Balaban J connectivity index is 0. The molecule has 0 aromatic carbocycles. The average molecular weight is 336 g/mol. The summed E-state index contributed by atoms with van der Waals surface area (Å²) in [5.41, 5.74) is 5.47. The van der Waals surface area contributed by atoms with Crippen molar-refractivity contribution in [2.24, 2.45) is 5.73 Å². The highest BCUT2D eigenvalue weighted by Crippen LogP contribution is 2.11. The van der Waals surface area contributed by atoms with Gasteiger partial charge in [-0.3, -0.25) is 4.79 Å². The Kier molecular flexibility index (Phi) is 10.3. The molecule has 4 nitrogen and oxygen atoms in total. The van der Waals surface area contributed by atoms with Gasteiger partial charge in [-0.1, -0.05) is 6.92 Å². The molecule has 1 aromatic rings. The third kappa shape index (κ3) is 7.61. The minimum absolute atomic E-state index is 0. The van der Waals surface area contributed by atoms with E-state index in [0.717, 1.165) is 11.4 Å². The summed E-state index contributed by atoms with van der Waals surface area (Å²) in [7, 11) is 0. The van der Waals surface area contributed by atoms with Crippen molar-refractivity contribution in [3.8, 4) is 0 Å². The van der Waals surface area contributed by atoms with Crippen LogP contribution in [0.15, 0.2) is 5.38 Å². The van der Waals surface area contributed by atoms with Crippen molar-refractivity contribution in [1.29, 1.82) is 0 Å². The molecule has 19 heavy (non-hydrogen) atoms. The van der Waals surface area contributed by atoms with Gasteiger partial charge in [0.25, 0.3) is 5.92 Å². The van der Waals surface area contributed by atoms with E-state index in [9.17, 15) is 13.6 Å². The number of hydrogen-bond acceptors (Lipinski definition) is 4. The normalized spacial score (nSPS) is 10.3. The smallest absolute Gasteiger partial charge is 0.277 e. The number of nitrogens with two attached hydrogens (primary N) is 1. The lowest BCUT2D eigenvalue weighted by atomic mass is 10.3. The number of hydrogen-bond donors (Lipinski definition) is 2. The molecule has 1 aromatic heterocycles. The van der Waals surface area contributed by atoms with E-state index in [1.165, 1.54) is 11.3 Å². The lowest BCUT2D eigenvalue weighted by molar-refractivity contribution is -0.122. The number of nitrogens with one attached hydrogen (secondary N) is 1. The quantitative estimate of drug-likeness (QED) is 0.832. The maximum Gasteiger partial charge on any atom is 0.277 e. The summed E-state index contributed by atoms with van der Waals surface area (Å²) in [6.07, 6.45) is 0.828. The van der Waals surface area contributed by atoms with E-state index in [2.05, 4.69) is 10.3 Å². The topological polar surface area (TPSA) is 68.0 Å². The van der Waals surface area contributed by atoms with Crippen molar-refractivity contribution in [2.75, 3.05) is 13.1 Å². The second kappa shape index (κ2) is 9.41. The summed E-state index contributed by atoms with van der Waals surface area (Å²) in [6.45, 7) is 0.460. The zero-order valence-electron chi connectivity index (χ0n) is 10.3. The molecule has 0 aliphatic carbocycles. The molecule has 1 amide bonds. The lowest BCUT2D eigenvalue weighted by Crippen LogP contribution is -2.42. The summed E-state index contributed by atoms with van der Waals surface area (Å²) in [6, 6.07) is 0. The molecule has 0 radical (unpaired) electrons. The Morgan fingerprint density at radius 1 is 1.53 bits per heavy atom. The zero-order valence-corrected chi connectivity index (χ0v) is 12.8. The standard InChI is InChI=1S/C10H15F2N3OS.2ClH/c1-2-9-15-7(4-17-9)3-8(16)14-6-10(11,12)5-13;;/h4H,2-3,5-6,13H2,1H3,(H,14,16);2*1H. The first-order chi connectivity index (χ1) is 7.96. The van der Waals surface area contributed by atoms with E-state index in [1.807, 2.05) is 6.92 Å². The fourth-order valence-corrected chi connectivity index (χ4v) is 1.86. The van der Waals surface area contributed by atoms with Crippen LogP contribution in [0.1, 0.15) is 17.6 Å². The van der Waals surface area contributed by atoms with Gasteiger partial charge in [-0.15, -0.1) is 36.2 Å². The highest BCUT2D eigenvalue weighted by Gasteiger charge is 2.27. The van der Waals surface area contributed by atoms with Gasteiger partial charge in [-0.2, -0.15) is 0 Å². The third-order valence-electron chi connectivity index (χ3n) is 2.09. The van der Waals surface area contributed by atoms with Crippen LogP contribution >= 0.6 is 36.2 Å². The minimum atomic E-state index is -3.05. The molecule has 1 heterocycles. The van der Waals surface area contributed by atoms with Crippen molar-refractivity contribution in [3.63, 3.8) is 0 Å². The zero-order chi connectivity index (χ0) is 12.9. The molecule has 0 saturated carbocycles. The largest absolute Gasteiger partial charge is 0.350 e. The Morgan fingerprint density at radius 3 is 2.63 bits per heavy atom. The summed E-state index contributed by atoms with van der Waals surface area (Å²) in [5.74, 6) is -3.52. The van der Waals surface area contributed by atoms with Crippen molar-refractivity contribution >= 4 is 42.1 Å². The number of halogens is 4. The predicted molar refractivity (Wildman–Crippen MR) is 76.7 cm³/mol. The second-order valence-corrected chi connectivity index (χ2v) is 4.54. The molecule has 0 atom stereocenters. The Morgan fingerprint density at radius 2 is 2.16 bits per heavy atom. The van der Waals surface area contributed by atoms with Crippen LogP contribution in [-0.2, 0) is 17.6 Å². The minimum Gasteiger partial charge on any atom is -0.350 e. The maximum atomic E-state index is 12.8. The summed E-state index contributed by atoms with van der Waals surface area (Å²) < 4.78 is 25.5. The van der Waals surface area contributed by atoms with E-state index in [-0.39, 0.29) is 31.2 Å². The number of alkyl halides is 2. The van der Waals surface area contributed by atoms with Gasteiger partial charge in [0.2, 0.25) is 5.91 Å². The molecule has 112 valence electrons. The first-order valence-corrected chi connectivity index (χ1v) is 6.12. The average Bonchev–Trinajstić information content (AvgIpc) is 2.74. The van der Waals surface area contributed by atoms with Crippen LogP contribution < -0.4 is 11.1 Å². The van der Waals surface area contributed by atoms with Crippen LogP contribution in [0.4, 0.5) is 8.78 Å². The third-order valence-corrected chi connectivity index (χ3v) is 3.13. The van der Waals surface area contributed by atoms with Crippen molar-refractivity contribution < 1.29 is 13.6 Å². The molecule has 0 unspecified atom stereocenters. The van der Waals surface area contributed by atoms with Crippen molar-refractivity contribution in [1.82, 2.24) is 10.3 Å². The molecular weight excluding hydrogens is 319 g/mol. The van der Waals surface area contributed by atoms with Crippen molar-refractivity contribution in [3.05, 3.63) is 16.1 Å². The van der Waals surface area contributed by atoms with Gasteiger partial charge in [0, 0.05) is 5.38 Å². The fourth-order valence-electron chi connectivity index (χ4n) is 1.12. The van der Waals surface area contributed by atoms with Gasteiger partial charge in [0.05, 0.1) is 30.2 Å². The van der Waals surface area contributed by atoms with Gasteiger partial charge in [-0.05, 0) is 6.42 Å². The number of rotatable bonds is 6. The van der Waals surface area contributed by atoms with Gasteiger partial charge >= 0.3 is 0 Å². The number of aryl methyl sites for hydroxylation is 1. The van der Waals surface area contributed by atoms with Gasteiger partial charge < -0.3 is 11.1 Å². The van der Waals surface area contributed by atoms with Crippen LogP contribution in [0.5, 0.6) is 0 Å². The number of carbonyl (C=O) groups is 1. The number of carbonyl (C=O) groups excluding carboxylic acids is 1. The van der Waals surface area contributed by atoms with E-state index in [4.69, 9.17) is 5.73 Å². The van der Waals surface area contributed by atoms with Crippen LogP contribution in [0.25, 0.3) is 0 Å². The highest BCUT2D eigenvalue weighted by atomic mass is 35.5. The highest BCUT2D eigenvalue weighted by molar-refractivity contribution is 7.09. The lowest BCUT2D eigenvalue weighted by Gasteiger charge is -2.14. The van der Waals surface area contributed by atoms with Crippen molar-refractivity contribution in [2.45, 2.75) is 25.7 Å². The number of aromatic nitrogens is 1. The fraction of sp³-hybridized carbons (Fsp3) is 0.600. The Bertz CT molecular complexity index is 391. The molecule has 9 heteroatoms. The van der Waals surface area contributed by atoms with Crippen LogP contribution in [0.3, 0.4) is 0 Å². The monoisotopic (exact) mass is 335 g/mol. The van der Waals surface area contributed by atoms with Crippen LogP contribution in [0, 0.1) is 0 Å². The molecule has 1 rings (SSSR count). The molecule has 0 spiro atoms. The van der Waals surface area contributed by atoms with Crippen LogP contribution in [-0.4, -0.2) is 29.9 Å². The predicted octanol–water partition coefficient (Wildman–Crippen LogP) is 1.80. The molecule has 0 aliphatic heterocycles. The van der Waals surface area contributed by atoms with Gasteiger partial charge in [0.15, 0.2) is 0 Å². The Hall–Kier alpha value is -0.500. The number of nitrogens with zero attached hydrogens (tertiary/aromatic N) is 1. The molecule has 0 aliphatic rings. The second-order valence-electron chi connectivity index (χ2n) is 3.60. The Labute approximate surface area is 127 Å². The molecule has 0 saturated heterocycles. The van der Waals surface area contributed by atoms with E-state index < -0.39 is 24.9 Å². The van der Waals surface area contributed by atoms with E-state index in [0.29, 0.717) is 5.69 Å². The molecule has 3 N–H and O–H groups in total. The van der Waals surface area contributed by atoms with Gasteiger partial charge in [0.1, 0.15) is 0 Å². The number of thiazole rings is 1. The number of amides is 1. The summed E-state index contributed by atoms with van der Waals surface area (Å²) in [5, 5.41) is 4.84. The molecule has 0 bridgehead atoms. The molecular formula is C10H17Cl2F2N3OS. The SMILES string of the molecule is CCc1nc(CC(=O)NCC(F)(F)CN)cs1.Cl.Cl. The summed E-state index contributed by atoms with van der Waals surface area (Å²) in [4.78, 5) is 15.5. The first kappa shape index (κ1) is 20.8. The van der Waals surface area contributed by atoms with E-state index >= 15 is 0 Å². The van der Waals surface area contributed by atoms with E-state index in [1.54, 1.807) is 5.38 Å². The first-order valence-electron chi connectivity index (χ1n) is 5.24. The maximum absolute atomic E-state index is 12.8. The van der Waals surface area contributed by atoms with Crippen LogP contribution in [0.2, 0.25) is 0 Å². The molecule has 0 fully saturated rings. The van der Waals surface area contributed by atoms with Gasteiger partial charge in [-0.25, -0.2) is 13.8 Å².